The molecule has 1 aliphatic heterocycles. The van der Waals surface area contributed by atoms with Gasteiger partial charge in [-0.1, -0.05) is 49.3 Å². The number of hydrogen-bond acceptors (Lipinski definition) is 5. The van der Waals surface area contributed by atoms with Gasteiger partial charge in [-0.15, -0.1) is 10.2 Å². The molecule has 2 aromatic rings. The third kappa shape index (κ3) is 3.79. The Morgan fingerprint density at radius 1 is 1.33 bits per heavy atom. The van der Waals surface area contributed by atoms with Gasteiger partial charge in [0.2, 0.25) is 16.9 Å². The number of carbonyl (C=O) groups is 2. The first-order valence-electron chi connectivity index (χ1n) is 8.19. The molecule has 0 saturated carbocycles. The van der Waals surface area contributed by atoms with Crippen LogP contribution in [0.25, 0.3) is 0 Å². The van der Waals surface area contributed by atoms with Crippen molar-refractivity contribution in [2.75, 3.05) is 10.6 Å². The Morgan fingerprint density at radius 3 is 3.00 bits per heavy atom. The Morgan fingerprint density at radius 2 is 2.17 bits per heavy atom. The van der Waals surface area contributed by atoms with E-state index in [-0.39, 0.29) is 18.2 Å². The van der Waals surface area contributed by atoms with Gasteiger partial charge in [0.15, 0.2) is 0 Å². The van der Waals surface area contributed by atoms with Crippen molar-refractivity contribution in [3.63, 3.8) is 0 Å². The first-order valence-corrected chi connectivity index (χ1v) is 9.01. The molecule has 2 N–H and O–H groups in total. The quantitative estimate of drug-likeness (QED) is 0.787. The number of unbranched alkanes of at least 4 members (excludes halogenated alkanes) is 2. The lowest BCUT2D eigenvalue weighted by Crippen LogP contribution is -2.30. The second-order valence-electron chi connectivity index (χ2n) is 5.84. The van der Waals surface area contributed by atoms with Crippen LogP contribution in [0.2, 0.25) is 0 Å². The van der Waals surface area contributed by atoms with Crippen molar-refractivity contribution in [2.24, 2.45) is 0 Å². The summed E-state index contributed by atoms with van der Waals surface area (Å²) in [6.45, 7) is 2.16. The maximum absolute atomic E-state index is 12.6. The predicted molar refractivity (Wildman–Crippen MR) is 94.2 cm³/mol. The zero-order valence-corrected chi connectivity index (χ0v) is 14.4. The van der Waals surface area contributed by atoms with E-state index in [1.54, 1.807) is 0 Å². The van der Waals surface area contributed by atoms with Gasteiger partial charge in [0.05, 0.1) is 5.92 Å². The summed E-state index contributed by atoms with van der Waals surface area (Å²) in [6.07, 6.45) is 4.43. The van der Waals surface area contributed by atoms with Crippen LogP contribution in [0.4, 0.5) is 10.8 Å². The average molecular weight is 344 g/mol. The Balaban J connectivity index is 1.68. The summed E-state index contributed by atoms with van der Waals surface area (Å²) in [4.78, 5) is 24.4. The van der Waals surface area contributed by atoms with E-state index in [9.17, 15) is 9.59 Å². The number of hydrogen-bond donors (Lipinski definition) is 2. The molecule has 0 fully saturated rings. The maximum Gasteiger partial charge on any atom is 0.234 e. The molecule has 0 radical (unpaired) electrons. The van der Waals surface area contributed by atoms with Crippen molar-refractivity contribution in [1.82, 2.24) is 10.2 Å². The molecule has 24 heavy (non-hydrogen) atoms. The summed E-state index contributed by atoms with van der Waals surface area (Å²) in [5, 5.41) is 15.2. The van der Waals surface area contributed by atoms with Crippen molar-refractivity contribution in [1.29, 1.82) is 0 Å². The van der Waals surface area contributed by atoms with E-state index in [0.29, 0.717) is 10.8 Å². The molecule has 3 rings (SSSR count). The molecule has 0 saturated heterocycles. The van der Waals surface area contributed by atoms with Gasteiger partial charge in [-0.05, 0) is 18.1 Å². The smallest absolute Gasteiger partial charge is 0.234 e. The summed E-state index contributed by atoms with van der Waals surface area (Å²) in [7, 11) is 0. The van der Waals surface area contributed by atoms with Crippen LogP contribution in [0.15, 0.2) is 24.3 Å². The molecule has 1 atom stereocenters. The number of nitrogens with zero attached hydrogens (tertiary/aromatic N) is 2. The van der Waals surface area contributed by atoms with E-state index in [2.05, 4.69) is 27.8 Å². The average Bonchev–Trinajstić information content (AvgIpc) is 3.01. The molecular formula is C17H20N4O2S. The predicted octanol–water partition coefficient (Wildman–Crippen LogP) is 3.34. The van der Waals surface area contributed by atoms with E-state index in [1.807, 2.05) is 24.3 Å². The Hall–Kier alpha value is -2.28. The van der Waals surface area contributed by atoms with Gasteiger partial charge in [0.25, 0.3) is 0 Å². The number of nitrogens with one attached hydrogen (secondary N) is 2. The highest BCUT2D eigenvalue weighted by molar-refractivity contribution is 7.15. The lowest BCUT2D eigenvalue weighted by molar-refractivity contribution is -0.123. The van der Waals surface area contributed by atoms with Gasteiger partial charge in [0, 0.05) is 18.5 Å². The minimum Gasteiger partial charge on any atom is -0.326 e. The number of rotatable bonds is 6. The lowest BCUT2D eigenvalue weighted by Gasteiger charge is -2.24. The van der Waals surface area contributed by atoms with Crippen LogP contribution in [0.3, 0.4) is 0 Å². The molecule has 2 heterocycles. The monoisotopic (exact) mass is 344 g/mol. The van der Waals surface area contributed by atoms with Crippen LogP contribution in [-0.4, -0.2) is 22.0 Å². The number of para-hydroxylation sites is 1. The van der Waals surface area contributed by atoms with Crippen molar-refractivity contribution in [2.45, 2.75) is 44.9 Å². The van der Waals surface area contributed by atoms with Gasteiger partial charge in [-0.2, -0.15) is 0 Å². The van der Waals surface area contributed by atoms with Crippen molar-refractivity contribution in [3.8, 4) is 0 Å². The standard InChI is InChI=1S/C17H20N4O2S/c1-2-3-4-9-15-20-21-17(24-15)19-16(23)12-10-14(22)18-13-8-6-5-7-11(12)13/h5-8,12H,2-4,9-10H2,1H3,(H,18,22)(H,19,21,23)/t12-/m1/s1. The summed E-state index contributed by atoms with van der Waals surface area (Å²) < 4.78 is 0. The van der Waals surface area contributed by atoms with E-state index >= 15 is 0 Å². The van der Waals surface area contributed by atoms with E-state index < -0.39 is 5.92 Å². The van der Waals surface area contributed by atoms with E-state index in [1.165, 1.54) is 11.3 Å². The van der Waals surface area contributed by atoms with Gasteiger partial charge in [-0.25, -0.2) is 0 Å². The molecule has 0 bridgehead atoms. The van der Waals surface area contributed by atoms with Crippen LogP contribution in [0, 0.1) is 0 Å². The van der Waals surface area contributed by atoms with Gasteiger partial charge >= 0.3 is 0 Å². The SMILES string of the molecule is CCCCCc1nnc(NC(=O)[C@@H]2CC(=O)Nc3ccccc32)s1. The summed E-state index contributed by atoms with van der Waals surface area (Å²) in [6, 6.07) is 7.39. The van der Waals surface area contributed by atoms with Crippen LogP contribution in [0.1, 0.15) is 49.1 Å². The minimum atomic E-state index is -0.498. The first-order chi connectivity index (χ1) is 11.7. The van der Waals surface area contributed by atoms with Crippen molar-refractivity contribution >= 4 is 34.0 Å². The maximum atomic E-state index is 12.6. The second-order valence-corrected chi connectivity index (χ2v) is 6.90. The molecule has 0 aliphatic carbocycles. The highest BCUT2D eigenvalue weighted by Crippen LogP contribution is 2.33. The largest absolute Gasteiger partial charge is 0.326 e. The highest BCUT2D eigenvalue weighted by Gasteiger charge is 2.30. The molecule has 6 nitrogen and oxygen atoms in total. The van der Waals surface area contributed by atoms with Crippen molar-refractivity contribution < 1.29 is 9.59 Å². The van der Waals surface area contributed by atoms with Crippen LogP contribution in [-0.2, 0) is 16.0 Å². The second kappa shape index (κ2) is 7.53. The molecule has 1 aliphatic rings. The fourth-order valence-corrected chi connectivity index (χ4v) is 3.55. The number of amides is 2. The molecule has 7 heteroatoms. The summed E-state index contributed by atoms with van der Waals surface area (Å²) in [5.41, 5.74) is 1.54. The molecule has 1 aromatic carbocycles. The Kier molecular flexibility index (Phi) is 5.20. The zero-order valence-electron chi connectivity index (χ0n) is 13.5. The lowest BCUT2D eigenvalue weighted by atomic mass is 9.90. The van der Waals surface area contributed by atoms with Crippen molar-refractivity contribution in [3.05, 3.63) is 34.8 Å². The van der Waals surface area contributed by atoms with Gasteiger partial charge < -0.3 is 5.32 Å². The molecule has 126 valence electrons. The van der Waals surface area contributed by atoms with Crippen LogP contribution < -0.4 is 10.6 Å². The molecule has 0 unspecified atom stereocenters. The summed E-state index contributed by atoms with van der Waals surface area (Å²) in [5.74, 6) is -0.859. The number of aromatic nitrogens is 2. The highest BCUT2D eigenvalue weighted by atomic mass is 32.1. The number of carbonyl (C=O) groups excluding carboxylic acids is 2. The Bertz CT molecular complexity index is 744. The number of aryl methyl sites for hydroxylation is 1. The first kappa shape index (κ1) is 16.6. The molecule has 2 amide bonds. The van der Waals surface area contributed by atoms with Gasteiger partial charge in [-0.3, -0.25) is 14.9 Å². The Labute approximate surface area is 144 Å². The molecule has 1 aromatic heterocycles. The van der Waals surface area contributed by atoms with E-state index in [4.69, 9.17) is 0 Å². The number of benzene rings is 1. The van der Waals surface area contributed by atoms with Crippen LogP contribution >= 0.6 is 11.3 Å². The minimum absolute atomic E-state index is 0.144. The zero-order chi connectivity index (χ0) is 16.9. The number of anilines is 2. The number of fused-ring (bicyclic) bond motifs is 1. The van der Waals surface area contributed by atoms with E-state index in [0.717, 1.165) is 36.3 Å². The summed E-state index contributed by atoms with van der Waals surface area (Å²) >= 11 is 1.40. The fourth-order valence-electron chi connectivity index (χ4n) is 2.77. The molecule has 0 spiro atoms. The molecular weight excluding hydrogens is 324 g/mol. The van der Waals surface area contributed by atoms with Gasteiger partial charge in [0.1, 0.15) is 5.01 Å². The fraction of sp³-hybridized carbons (Fsp3) is 0.412. The topological polar surface area (TPSA) is 84.0 Å². The third-order valence-corrected chi connectivity index (χ3v) is 4.91. The van der Waals surface area contributed by atoms with Crippen LogP contribution in [0.5, 0.6) is 0 Å². The third-order valence-electron chi connectivity index (χ3n) is 4.01. The normalized spacial score (nSPS) is 16.4.